The van der Waals surface area contributed by atoms with Crippen molar-refractivity contribution in [2.45, 2.75) is 32.7 Å². The zero-order chi connectivity index (χ0) is 13.7. The van der Waals surface area contributed by atoms with Crippen LogP contribution in [0.5, 0.6) is 5.75 Å². The van der Waals surface area contributed by atoms with Crippen LogP contribution in [0.15, 0.2) is 18.2 Å². The third-order valence-corrected chi connectivity index (χ3v) is 4.00. The van der Waals surface area contributed by atoms with Crippen molar-refractivity contribution in [2.75, 3.05) is 33.3 Å². The number of ether oxygens (including phenoxy) is 1. The van der Waals surface area contributed by atoms with Crippen molar-refractivity contribution in [1.29, 1.82) is 0 Å². The monoisotopic (exact) mass is 298 g/mol. The second-order valence-electron chi connectivity index (χ2n) is 5.52. The molecule has 20 heavy (non-hydrogen) atoms. The number of hydrogen-bond acceptors (Lipinski definition) is 3. The minimum absolute atomic E-state index is 0. The van der Waals surface area contributed by atoms with Gasteiger partial charge in [0.2, 0.25) is 0 Å². The van der Waals surface area contributed by atoms with Crippen LogP contribution in [0.2, 0.25) is 0 Å². The molecule has 1 aliphatic heterocycles. The molecule has 0 amide bonds. The molecule has 1 aliphatic rings. The lowest BCUT2D eigenvalue weighted by molar-refractivity contribution is 0.167. The molecular formula is C16H27ClN2O. The van der Waals surface area contributed by atoms with Gasteiger partial charge < -0.3 is 10.1 Å². The zero-order valence-electron chi connectivity index (χ0n) is 12.8. The van der Waals surface area contributed by atoms with Gasteiger partial charge in [-0.2, -0.15) is 0 Å². The number of halogens is 1. The Hall–Kier alpha value is -0.770. The van der Waals surface area contributed by atoms with E-state index in [1.165, 1.54) is 37.1 Å². The molecule has 2 rings (SSSR count). The van der Waals surface area contributed by atoms with E-state index < -0.39 is 0 Å². The third kappa shape index (κ3) is 4.97. The summed E-state index contributed by atoms with van der Waals surface area (Å²) in [6.07, 6.45) is 2.50. The second-order valence-corrected chi connectivity index (χ2v) is 5.52. The Kier molecular flexibility index (Phi) is 7.35. The lowest BCUT2D eigenvalue weighted by Crippen LogP contribution is -2.42. The van der Waals surface area contributed by atoms with Gasteiger partial charge in [-0.05, 0) is 64.0 Å². The molecule has 114 valence electrons. The predicted octanol–water partition coefficient (Wildman–Crippen LogP) is 2.79. The molecule has 0 radical (unpaired) electrons. The van der Waals surface area contributed by atoms with Gasteiger partial charge in [0.05, 0.1) is 0 Å². The first-order valence-electron chi connectivity index (χ1n) is 7.28. The number of rotatable bonds is 5. The quantitative estimate of drug-likeness (QED) is 0.905. The Morgan fingerprint density at radius 3 is 2.60 bits per heavy atom. The fourth-order valence-electron chi connectivity index (χ4n) is 2.59. The Bertz CT molecular complexity index is 403. The smallest absolute Gasteiger partial charge is 0.122 e. The van der Waals surface area contributed by atoms with Crippen LogP contribution in [-0.2, 0) is 0 Å². The molecule has 0 bridgehead atoms. The van der Waals surface area contributed by atoms with Crippen LogP contribution < -0.4 is 10.1 Å². The first kappa shape index (κ1) is 17.3. The fourth-order valence-corrected chi connectivity index (χ4v) is 2.59. The molecular weight excluding hydrogens is 272 g/mol. The summed E-state index contributed by atoms with van der Waals surface area (Å²) in [6.45, 7) is 8.39. The molecule has 1 aromatic carbocycles. The number of aryl methyl sites for hydroxylation is 2. The summed E-state index contributed by atoms with van der Waals surface area (Å²) in [6, 6.07) is 7.09. The average Bonchev–Trinajstić information content (AvgIpc) is 2.43. The molecule has 1 heterocycles. The maximum Gasteiger partial charge on any atom is 0.122 e. The molecule has 1 N–H and O–H groups in total. The van der Waals surface area contributed by atoms with Crippen molar-refractivity contribution < 1.29 is 4.74 Å². The normalized spacial score (nSPS) is 16.8. The molecule has 0 atom stereocenters. The van der Waals surface area contributed by atoms with E-state index in [-0.39, 0.29) is 12.4 Å². The maximum absolute atomic E-state index is 5.92. The van der Waals surface area contributed by atoms with Gasteiger partial charge in [-0.1, -0.05) is 12.1 Å². The number of nitrogens with one attached hydrogen (secondary N) is 1. The zero-order valence-corrected chi connectivity index (χ0v) is 13.6. The highest BCUT2D eigenvalue weighted by molar-refractivity contribution is 5.85. The summed E-state index contributed by atoms with van der Waals surface area (Å²) in [7, 11) is 2.06. The standard InChI is InChI=1S/C16H26N2O.ClH/c1-13-4-5-14(2)16(12-13)19-11-10-18-8-6-15(17-3)7-9-18;/h4-5,12,15,17H,6-11H2,1-3H3;1H. The van der Waals surface area contributed by atoms with Gasteiger partial charge in [-0.25, -0.2) is 0 Å². The minimum atomic E-state index is 0. The minimum Gasteiger partial charge on any atom is -0.492 e. The van der Waals surface area contributed by atoms with E-state index in [0.717, 1.165) is 18.9 Å². The van der Waals surface area contributed by atoms with Crippen LogP contribution in [0.3, 0.4) is 0 Å². The van der Waals surface area contributed by atoms with Crippen molar-refractivity contribution in [1.82, 2.24) is 10.2 Å². The van der Waals surface area contributed by atoms with E-state index in [1.807, 2.05) is 0 Å². The van der Waals surface area contributed by atoms with Crippen LogP contribution >= 0.6 is 12.4 Å². The summed E-state index contributed by atoms with van der Waals surface area (Å²) >= 11 is 0. The fraction of sp³-hybridized carbons (Fsp3) is 0.625. The largest absolute Gasteiger partial charge is 0.492 e. The summed E-state index contributed by atoms with van der Waals surface area (Å²) in [4.78, 5) is 2.50. The molecule has 1 aromatic rings. The Labute approximate surface area is 129 Å². The van der Waals surface area contributed by atoms with Crippen LogP contribution in [0.25, 0.3) is 0 Å². The number of piperidine rings is 1. The van der Waals surface area contributed by atoms with Crippen LogP contribution in [0.4, 0.5) is 0 Å². The molecule has 0 unspecified atom stereocenters. The summed E-state index contributed by atoms with van der Waals surface area (Å²) in [5.74, 6) is 1.03. The van der Waals surface area contributed by atoms with Gasteiger partial charge in [0.15, 0.2) is 0 Å². The van der Waals surface area contributed by atoms with Crippen molar-refractivity contribution in [2.24, 2.45) is 0 Å². The second kappa shape index (κ2) is 8.50. The summed E-state index contributed by atoms with van der Waals surface area (Å²) in [5, 5.41) is 3.36. The molecule has 1 fully saturated rings. The van der Waals surface area contributed by atoms with E-state index in [9.17, 15) is 0 Å². The topological polar surface area (TPSA) is 24.5 Å². The van der Waals surface area contributed by atoms with E-state index >= 15 is 0 Å². The van der Waals surface area contributed by atoms with Gasteiger partial charge in [-0.3, -0.25) is 4.90 Å². The molecule has 0 aromatic heterocycles. The predicted molar refractivity (Wildman–Crippen MR) is 87.2 cm³/mol. The SMILES string of the molecule is CNC1CCN(CCOc2cc(C)ccc2C)CC1.Cl. The van der Waals surface area contributed by atoms with E-state index in [2.05, 4.69) is 49.3 Å². The summed E-state index contributed by atoms with van der Waals surface area (Å²) in [5.41, 5.74) is 2.48. The highest BCUT2D eigenvalue weighted by Crippen LogP contribution is 2.19. The van der Waals surface area contributed by atoms with E-state index in [4.69, 9.17) is 4.74 Å². The summed E-state index contributed by atoms with van der Waals surface area (Å²) < 4.78 is 5.92. The molecule has 0 aliphatic carbocycles. The number of likely N-dealkylation sites (tertiary alicyclic amines) is 1. The number of nitrogens with zero attached hydrogens (tertiary/aromatic N) is 1. The van der Waals surface area contributed by atoms with Gasteiger partial charge in [-0.15, -0.1) is 12.4 Å². The average molecular weight is 299 g/mol. The van der Waals surface area contributed by atoms with Crippen LogP contribution in [0, 0.1) is 13.8 Å². The van der Waals surface area contributed by atoms with Gasteiger partial charge >= 0.3 is 0 Å². The van der Waals surface area contributed by atoms with Crippen molar-refractivity contribution in [3.05, 3.63) is 29.3 Å². The van der Waals surface area contributed by atoms with Crippen molar-refractivity contribution >= 4 is 12.4 Å². The lowest BCUT2D eigenvalue weighted by Gasteiger charge is -2.31. The molecule has 4 heteroatoms. The number of hydrogen-bond donors (Lipinski definition) is 1. The first-order chi connectivity index (χ1) is 9.19. The Morgan fingerprint density at radius 1 is 1.25 bits per heavy atom. The Morgan fingerprint density at radius 2 is 1.95 bits per heavy atom. The highest BCUT2D eigenvalue weighted by Gasteiger charge is 2.17. The van der Waals surface area contributed by atoms with Crippen molar-refractivity contribution in [3.8, 4) is 5.75 Å². The maximum atomic E-state index is 5.92. The molecule has 1 saturated heterocycles. The lowest BCUT2D eigenvalue weighted by atomic mass is 10.1. The number of benzene rings is 1. The van der Waals surface area contributed by atoms with Gasteiger partial charge in [0.25, 0.3) is 0 Å². The van der Waals surface area contributed by atoms with Crippen LogP contribution in [0.1, 0.15) is 24.0 Å². The Balaban J connectivity index is 0.00000200. The molecule has 0 saturated carbocycles. The third-order valence-electron chi connectivity index (χ3n) is 4.00. The van der Waals surface area contributed by atoms with Gasteiger partial charge in [0, 0.05) is 12.6 Å². The molecule has 0 spiro atoms. The van der Waals surface area contributed by atoms with Gasteiger partial charge in [0.1, 0.15) is 12.4 Å². The van der Waals surface area contributed by atoms with Crippen LogP contribution in [-0.4, -0.2) is 44.2 Å². The first-order valence-corrected chi connectivity index (χ1v) is 7.28. The van der Waals surface area contributed by atoms with Crippen molar-refractivity contribution in [3.63, 3.8) is 0 Å². The van der Waals surface area contributed by atoms with E-state index in [0.29, 0.717) is 6.04 Å². The molecule has 3 nitrogen and oxygen atoms in total. The highest BCUT2D eigenvalue weighted by atomic mass is 35.5. The van der Waals surface area contributed by atoms with E-state index in [1.54, 1.807) is 0 Å².